The number of halogens is 2. The first-order chi connectivity index (χ1) is 11.9. The van der Waals surface area contributed by atoms with E-state index in [1.54, 1.807) is 14.1 Å². The summed E-state index contributed by atoms with van der Waals surface area (Å²) < 4.78 is 26.1. The van der Waals surface area contributed by atoms with Gasteiger partial charge in [0, 0.05) is 32.3 Å². The van der Waals surface area contributed by atoms with Gasteiger partial charge in [-0.3, -0.25) is 4.79 Å². The molecule has 0 heterocycles. The van der Waals surface area contributed by atoms with Crippen LogP contribution in [0.1, 0.15) is 5.56 Å². The maximum absolute atomic E-state index is 13.2. The minimum Gasteiger partial charge on any atom is -0.347 e. The molecule has 0 fully saturated rings. The molecule has 1 atom stereocenters. The number of carbonyl (C=O) groups excluding carboxylic acids is 2. The second kappa shape index (κ2) is 8.23. The van der Waals surface area contributed by atoms with Crippen LogP contribution in [0, 0.1) is 11.6 Å². The zero-order chi connectivity index (χ0) is 18.4. The molecule has 7 heteroatoms. The summed E-state index contributed by atoms with van der Waals surface area (Å²) in [5.74, 6) is -2.34. The number of likely N-dealkylation sites (N-methyl/N-ethyl adjacent to an activating group) is 1. The molecule has 0 aliphatic heterocycles. The SMILES string of the molecule is CN(C)C(=O)[C@H](Cc1ccccc1)NC(=O)Nc1ccc(F)c(F)c1. The van der Waals surface area contributed by atoms with E-state index in [0.717, 1.165) is 17.7 Å². The lowest BCUT2D eigenvalue weighted by molar-refractivity contribution is -0.130. The van der Waals surface area contributed by atoms with E-state index in [0.29, 0.717) is 6.42 Å². The summed E-state index contributed by atoms with van der Waals surface area (Å²) in [6.45, 7) is 0. The molecule has 0 radical (unpaired) electrons. The quantitative estimate of drug-likeness (QED) is 0.874. The summed E-state index contributed by atoms with van der Waals surface area (Å²) in [7, 11) is 3.19. The van der Waals surface area contributed by atoms with Gasteiger partial charge in [-0.15, -0.1) is 0 Å². The number of amides is 3. The topological polar surface area (TPSA) is 61.4 Å². The van der Waals surface area contributed by atoms with Crippen LogP contribution in [0.15, 0.2) is 48.5 Å². The Labute approximate surface area is 144 Å². The van der Waals surface area contributed by atoms with Gasteiger partial charge in [-0.05, 0) is 17.7 Å². The Hall–Kier alpha value is -2.96. The maximum atomic E-state index is 13.2. The van der Waals surface area contributed by atoms with E-state index in [4.69, 9.17) is 0 Å². The van der Waals surface area contributed by atoms with E-state index >= 15 is 0 Å². The Kier molecular flexibility index (Phi) is 6.05. The second-order valence-electron chi connectivity index (χ2n) is 5.70. The molecular formula is C18H19F2N3O2. The van der Waals surface area contributed by atoms with Crippen molar-refractivity contribution >= 4 is 17.6 Å². The Morgan fingerprint density at radius 1 is 1.04 bits per heavy atom. The summed E-state index contributed by atoms with van der Waals surface area (Å²) in [5.41, 5.74) is 0.975. The van der Waals surface area contributed by atoms with Gasteiger partial charge in [0.05, 0.1) is 0 Å². The van der Waals surface area contributed by atoms with Crippen molar-refractivity contribution in [1.82, 2.24) is 10.2 Å². The number of anilines is 1. The zero-order valence-corrected chi connectivity index (χ0v) is 13.9. The predicted molar refractivity (Wildman–Crippen MR) is 91.1 cm³/mol. The molecule has 0 aromatic heterocycles. The second-order valence-corrected chi connectivity index (χ2v) is 5.70. The molecule has 0 aliphatic rings. The number of urea groups is 1. The lowest BCUT2D eigenvalue weighted by atomic mass is 10.1. The molecule has 2 aromatic carbocycles. The van der Waals surface area contributed by atoms with Crippen molar-refractivity contribution in [3.05, 3.63) is 65.7 Å². The van der Waals surface area contributed by atoms with Crippen LogP contribution in [0.5, 0.6) is 0 Å². The molecule has 0 aliphatic carbocycles. The van der Waals surface area contributed by atoms with Crippen molar-refractivity contribution in [3.63, 3.8) is 0 Å². The molecule has 2 N–H and O–H groups in total. The fourth-order valence-electron chi connectivity index (χ4n) is 2.26. The molecule has 3 amide bonds. The van der Waals surface area contributed by atoms with E-state index in [-0.39, 0.29) is 11.6 Å². The fraction of sp³-hybridized carbons (Fsp3) is 0.222. The molecule has 0 saturated heterocycles. The van der Waals surface area contributed by atoms with Crippen LogP contribution in [0.25, 0.3) is 0 Å². The molecular weight excluding hydrogens is 328 g/mol. The molecule has 0 unspecified atom stereocenters. The van der Waals surface area contributed by atoms with Gasteiger partial charge >= 0.3 is 6.03 Å². The van der Waals surface area contributed by atoms with Gasteiger partial charge in [0.15, 0.2) is 11.6 Å². The number of benzene rings is 2. The van der Waals surface area contributed by atoms with Crippen molar-refractivity contribution in [2.45, 2.75) is 12.5 Å². The van der Waals surface area contributed by atoms with Gasteiger partial charge in [0.25, 0.3) is 0 Å². The lowest BCUT2D eigenvalue weighted by Crippen LogP contribution is -2.48. The van der Waals surface area contributed by atoms with Crippen LogP contribution in [0.3, 0.4) is 0 Å². The molecule has 132 valence electrons. The largest absolute Gasteiger partial charge is 0.347 e. The number of nitrogens with one attached hydrogen (secondary N) is 2. The van der Waals surface area contributed by atoms with E-state index in [1.807, 2.05) is 30.3 Å². The van der Waals surface area contributed by atoms with Crippen molar-refractivity contribution in [2.75, 3.05) is 19.4 Å². The average Bonchev–Trinajstić information content (AvgIpc) is 2.57. The number of rotatable bonds is 5. The molecule has 25 heavy (non-hydrogen) atoms. The number of hydrogen-bond acceptors (Lipinski definition) is 2. The van der Waals surface area contributed by atoms with Gasteiger partial charge in [0.1, 0.15) is 6.04 Å². The van der Waals surface area contributed by atoms with Crippen LogP contribution in [0.4, 0.5) is 19.3 Å². The van der Waals surface area contributed by atoms with Crippen molar-refractivity contribution in [1.29, 1.82) is 0 Å². The smallest absolute Gasteiger partial charge is 0.319 e. The number of carbonyl (C=O) groups is 2. The van der Waals surface area contributed by atoms with Gasteiger partial charge in [0.2, 0.25) is 5.91 Å². The molecule has 0 spiro atoms. The summed E-state index contributed by atoms with van der Waals surface area (Å²) in [6, 6.07) is 10.8. The van der Waals surface area contributed by atoms with Crippen LogP contribution in [-0.2, 0) is 11.2 Å². The molecule has 2 aromatic rings. The molecule has 0 bridgehead atoms. The Morgan fingerprint density at radius 3 is 2.32 bits per heavy atom. The third-order valence-corrected chi connectivity index (χ3v) is 3.50. The van der Waals surface area contributed by atoms with E-state index in [9.17, 15) is 18.4 Å². The number of hydrogen-bond donors (Lipinski definition) is 2. The third-order valence-electron chi connectivity index (χ3n) is 3.50. The maximum Gasteiger partial charge on any atom is 0.319 e. The first-order valence-corrected chi connectivity index (χ1v) is 7.64. The third kappa shape index (κ3) is 5.27. The first-order valence-electron chi connectivity index (χ1n) is 7.64. The van der Waals surface area contributed by atoms with Crippen LogP contribution in [-0.4, -0.2) is 37.0 Å². The summed E-state index contributed by atoms with van der Waals surface area (Å²) in [4.78, 5) is 25.8. The fourth-order valence-corrected chi connectivity index (χ4v) is 2.26. The van der Waals surface area contributed by atoms with Gasteiger partial charge in [-0.25, -0.2) is 13.6 Å². The first kappa shape index (κ1) is 18.4. The highest BCUT2D eigenvalue weighted by atomic mass is 19.2. The number of nitrogens with zero attached hydrogens (tertiary/aromatic N) is 1. The predicted octanol–water partition coefficient (Wildman–Crippen LogP) is 2.79. The van der Waals surface area contributed by atoms with Gasteiger partial charge < -0.3 is 15.5 Å². The molecule has 0 saturated carbocycles. The Morgan fingerprint density at radius 2 is 1.72 bits per heavy atom. The molecule has 5 nitrogen and oxygen atoms in total. The van der Waals surface area contributed by atoms with Crippen LogP contribution < -0.4 is 10.6 Å². The van der Waals surface area contributed by atoms with Gasteiger partial charge in [-0.2, -0.15) is 0 Å². The van der Waals surface area contributed by atoms with E-state index in [2.05, 4.69) is 10.6 Å². The summed E-state index contributed by atoms with van der Waals surface area (Å²) in [5, 5.41) is 4.96. The highest BCUT2D eigenvalue weighted by molar-refractivity contribution is 5.93. The minimum absolute atomic E-state index is 0.0900. The van der Waals surface area contributed by atoms with Gasteiger partial charge in [-0.1, -0.05) is 30.3 Å². The Balaban J connectivity index is 2.08. The standard InChI is InChI=1S/C18H19F2N3O2/c1-23(2)17(24)16(10-12-6-4-3-5-7-12)22-18(25)21-13-8-9-14(19)15(20)11-13/h3-9,11,16H,10H2,1-2H3,(H2,21,22,25)/t16-/m0/s1. The Bertz CT molecular complexity index is 751. The van der Waals surface area contributed by atoms with E-state index < -0.39 is 23.7 Å². The molecule has 2 rings (SSSR count). The van der Waals surface area contributed by atoms with Crippen LogP contribution in [0.2, 0.25) is 0 Å². The zero-order valence-electron chi connectivity index (χ0n) is 13.9. The monoisotopic (exact) mass is 347 g/mol. The summed E-state index contributed by atoms with van der Waals surface area (Å²) in [6.07, 6.45) is 0.309. The van der Waals surface area contributed by atoms with Crippen LogP contribution >= 0.6 is 0 Å². The lowest BCUT2D eigenvalue weighted by Gasteiger charge is -2.22. The van der Waals surface area contributed by atoms with Crippen molar-refractivity contribution in [2.24, 2.45) is 0 Å². The highest BCUT2D eigenvalue weighted by Gasteiger charge is 2.23. The van der Waals surface area contributed by atoms with Crippen molar-refractivity contribution in [3.8, 4) is 0 Å². The normalized spacial score (nSPS) is 11.5. The summed E-state index contributed by atoms with van der Waals surface area (Å²) >= 11 is 0. The minimum atomic E-state index is -1.07. The van der Waals surface area contributed by atoms with Crippen molar-refractivity contribution < 1.29 is 18.4 Å². The van der Waals surface area contributed by atoms with E-state index in [1.165, 1.54) is 11.0 Å². The highest BCUT2D eigenvalue weighted by Crippen LogP contribution is 2.13. The average molecular weight is 347 g/mol.